The molecular formula is C19H24O5. The summed E-state index contributed by atoms with van der Waals surface area (Å²) in [5.41, 5.74) is 1.22. The number of hydrogen-bond donors (Lipinski definition) is 0. The third-order valence-electron chi connectivity index (χ3n) is 3.87. The van der Waals surface area contributed by atoms with Gasteiger partial charge in [-0.15, -0.1) is 0 Å². The number of hydrogen-bond acceptors (Lipinski definition) is 5. The Morgan fingerprint density at radius 1 is 0.958 bits per heavy atom. The van der Waals surface area contributed by atoms with Crippen molar-refractivity contribution < 1.29 is 23.9 Å². The van der Waals surface area contributed by atoms with Gasteiger partial charge >= 0.3 is 11.9 Å². The van der Waals surface area contributed by atoms with Gasteiger partial charge in [-0.05, 0) is 24.5 Å². The van der Waals surface area contributed by atoms with Gasteiger partial charge in [-0.3, -0.25) is 14.4 Å². The molecule has 0 radical (unpaired) electrons. The lowest BCUT2D eigenvalue weighted by molar-refractivity contribution is -0.161. The van der Waals surface area contributed by atoms with Gasteiger partial charge in [0.15, 0.2) is 11.7 Å². The lowest BCUT2D eigenvalue weighted by Gasteiger charge is -2.28. The van der Waals surface area contributed by atoms with E-state index in [2.05, 4.69) is 0 Å². The van der Waals surface area contributed by atoms with Crippen LogP contribution >= 0.6 is 0 Å². The lowest BCUT2D eigenvalue weighted by atomic mass is 9.76. The van der Waals surface area contributed by atoms with E-state index < -0.39 is 23.8 Å². The van der Waals surface area contributed by atoms with Gasteiger partial charge in [0.25, 0.3) is 0 Å². The molecule has 0 saturated heterocycles. The van der Waals surface area contributed by atoms with Crippen molar-refractivity contribution in [1.82, 2.24) is 0 Å². The first-order valence-electron chi connectivity index (χ1n) is 7.76. The van der Waals surface area contributed by atoms with Gasteiger partial charge < -0.3 is 9.47 Å². The van der Waals surface area contributed by atoms with Crippen molar-refractivity contribution in [3.05, 3.63) is 41.5 Å². The molecular weight excluding hydrogens is 308 g/mol. The van der Waals surface area contributed by atoms with E-state index in [1.807, 2.05) is 44.2 Å². The normalized spacial score (nSPS) is 12.9. The molecule has 1 unspecified atom stereocenters. The Bertz CT molecular complexity index is 600. The number of ketones is 1. The molecule has 1 aromatic carbocycles. The largest absolute Gasteiger partial charge is 0.468 e. The van der Waals surface area contributed by atoms with Crippen molar-refractivity contribution in [2.24, 2.45) is 17.8 Å². The van der Waals surface area contributed by atoms with Crippen LogP contribution in [-0.4, -0.2) is 31.9 Å². The third kappa shape index (κ3) is 4.78. The number of ether oxygens (including phenoxy) is 2. The van der Waals surface area contributed by atoms with Crippen molar-refractivity contribution in [1.29, 1.82) is 0 Å². The van der Waals surface area contributed by atoms with Crippen LogP contribution in [0.25, 0.3) is 6.08 Å². The Hall–Kier alpha value is -2.43. The number of carbonyl (C=O) groups excluding carboxylic acids is 3. The van der Waals surface area contributed by atoms with Gasteiger partial charge in [0.05, 0.1) is 14.2 Å². The van der Waals surface area contributed by atoms with Crippen LogP contribution in [0.2, 0.25) is 0 Å². The van der Waals surface area contributed by atoms with Gasteiger partial charge in [0, 0.05) is 11.5 Å². The van der Waals surface area contributed by atoms with Gasteiger partial charge in [-0.2, -0.15) is 0 Å². The SMILES string of the molecule is COC(=O)C(C(=O)OC)C(/C(=C/c1ccccc1)C(C)=O)C(C)C. The fraction of sp³-hybridized carbons (Fsp3) is 0.421. The number of esters is 2. The minimum absolute atomic E-state index is 0.146. The van der Waals surface area contributed by atoms with Crippen molar-refractivity contribution in [2.75, 3.05) is 14.2 Å². The summed E-state index contributed by atoms with van der Waals surface area (Å²) in [6, 6.07) is 9.28. The Morgan fingerprint density at radius 2 is 1.46 bits per heavy atom. The standard InChI is InChI=1S/C19H24O5/c1-12(2)16(17(18(21)23-4)19(22)24-5)15(13(3)20)11-14-9-7-6-8-10-14/h6-12,16-17H,1-5H3/b15-11+. The maximum absolute atomic E-state index is 12.2. The third-order valence-corrected chi connectivity index (χ3v) is 3.87. The predicted molar refractivity (Wildman–Crippen MR) is 91.0 cm³/mol. The molecule has 5 heteroatoms. The highest BCUT2D eigenvalue weighted by molar-refractivity contribution is 6.02. The van der Waals surface area contributed by atoms with E-state index in [0.29, 0.717) is 5.57 Å². The molecule has 0 bridgehead atoms. The molecule has 1 rings (SSSR count). The molecule has 0 N–H and O–H groups in total. The minimum Gasteiger partial charge on any atom is -0.468 e. The zero-order chi connectivity index (χ0) is 18.3. The molecule has 0 aliphatic carbocycles. The van der Waals surface area contributed by atoms with E-state index in [1.165, 1.54) is 21.1 Å². The van der Waals surface area contributed by atoms with Crippen LogP contribution in [0.3, 0.4) is 0 Å². The molecule has 1 aromatic rings. The van der Waals surface area contributed by atoms with E-state index in [0.717, 1.165) is 5.56 Å². The number of carbonyl (C=O) groups is 3. The smallest absolute Gasteiger partial charge is 0.320 e. The summed E-state index contributed by atoms with van der Waals surface area (Å²) in [5, 5.41) is 0. The second-order valence-corrected chi connectivity index (χ2v) is 5.86. The molecule has 5 nitrogen and oxygen atoms in total. The Kier molecular flexibility index (Phi) is 7.36. The zero-order valence-corrected chi connectivity index (χ0v) is 14.7. The van der Waals surface area contributed by atoms with Crippen molar-refractivity contribution in [3.63, 3.8) is 0 Å². The molecule has 0 fully saturated rings. The highest BCUT2D eigenvalue weighted by Gasteiger charge is 2.41. The van der Waals surface area contributed by atoms with E-state index in [1.54, 1.807) is 6.08 Å². The maximum atomic E-state index is 12.2. The van der Waals surface area contributed by atoms with Crippen molar-refractivity contribution >= 4 is 23.8 Å². The minimum atomic E-state index is -1.18. The van der Waals surface area contributed by atoms with Crippen LogP contribution < -0.4 is 0 Å². The summed E-state index contributed by atoms with van der Waals surface area (Å²) in [4.78, 5) is 36.6. The predicted octanol–water partition coefficient (Wildman–Crippen LogP) is 2.89. The van der Waals surface area contributed by atoms with Crippen LogP contribution in [0.1, 0.15) is 26.3 Å². The first-order chi connectivity index (χ1) is 11.3. The van der Waals surface area contributed by atoms with E-state index in [9.17, 15) is 14.4 Å². The van der Waals surface area contributed by atoms with Gasteiger partial charge in [-0.25, -0.2) is 0 Å². The summed E-state index contributed by atoms with van der Waals surface area (Å²) < 4.78 is 9.54. The van der Waals surface area contributed by atoms with Gasteiger partial charge in [-0.1, -0.05) is 44.2 Å². The summed E-state index contributed by atoms with van der Waals surface area (Å²) in [6.07, 6.45) is 1.71. The van der Waals surface area contributed by atoms with Crippen molar-refractivity contribution in [2.45, 2.75) is 20.8 Å². The average Bonchev–Trinajstić information content (AvgIpc) is 2.57. The Morgan fingerprint density at radius 3 is 1.83 bits per heavy atom. The molecule has 130 valence electrons. The highest BCUT2D eigenvalue weighted by atomic mass is 16.5. The molecule has 0 saturated carbocycles. The van der Waals surface area contributed by atoms with Crippen LogP contribution in [-0.2, 0) is 23.9 Å². The van der Waals surface area contributed by atoms with Crippen LogP contribution in [0.5, 0.6) is 0 Å². The fourth-order valence-electron chi connectivity index (χ4n) is 2.73. The monoisotopic (exact) mass is 332 g/mol. The number of benzene rings is 1. The van der Waals surface area contributed by atoms with E-state index in [-0.39, 0.29) is 11.7 Å². The van der Waals surface area contributed by atoms with Crippen LogP contribution in [0.4, 0.5) is 0 Å². The molecule has 0 aliphatic rings. The molecule has 0 aliphatic heterocycles. The van der Waals surface area contributed by atoms with Crippen LogP contribution in [0, 0.1) is 17.8 Å². The summed E-state index contributed by atoms with van der Waals surface area (Å²) >= 11 is 0. The lowest BCUT2D eigenvalue weighted by Crippen LogP contribution is -2.38. The fourth-order valence-corrected chi connectivity index (χ4v) is 2.73. The number of allylic oxidation sites excluding steroid dienone is 1. The molecule has 0 amide bonds. The molecule has 24 heavy (non-hydrogen) atoms. The quantitative estimate of drug-likeness (QED) is 0.436. The topological polar surface area (TPSA) is 69.7 Å². The zero-order valence-electron chi connectivity index (χ0n) is 14.7. The molecule has 1 atom stereocenters. The van der Waals surface area contributed by atoms with Crippen molar-refractivity contribution in [3.8, 4) is 0 Å². The number of rotatable bonds is 7. The number of methoxy groups -OCH3 is 2. The second kappa shape index (κ2) is 9.01. The number of Topliss-reactive ketones (excluding diaryl/α,β-unsaturated/α-hetero) is 1. The molecule has 0 aromatic heterocycles. The molecule has 0 spiro atoms. The van der Waals surface area contributed by atoms with E-state index in [4.69, 9.17) is 9.47 Å². The Labute approximate surface area is 142 Å². The van der Waals surface area contributed by atoms with E-state index >= 15 is 0 Å². The van der Waals surface area contributed by atoms with Gasteiger partial charge in [0.1, 0.15) is 0 Å². The summed E-state index contributed by atoms with van der Waals surface area (Å²) in [6.45, 7) is 5.13. The first-order valence-corrected chi connectivity index (χ1v) is 7.76. The maximum Gasteiger partial charge on any atom is 0.320 e. The molecule has 0 heterocycles. The first kappa shape index (κ1) is 19.6. The second-order valence-electron chi connectivity index (χ2n) is 5.86. The highest BCUT2D eigenvalue weighted by Crippen LogP contribution is 2.32. The summed E-state index contributed by atoms with van der Waals surface area (Å²) in [5.74, 6) is -3.58. The van der Waals surface area contributed by atoms with Crippen LogP contribution in [0.15, 0.2) is 35.9 Å². The average molecular weight is 332 g/mol. The summed E-state index contributed by atoms with van der Waals surface area (Å²) in [7, 11) is 2.42. The Balaban J connectivity index is 3.46. The van der Waals surface area contributed by atoms with Gasteiger partial charge in [0.2, 0.25) is 0 Å².